The van der Waals surface area contributed by atoms with E-state index in [4.69, 9.17) is 27.9 Å². The van der Waals surface area contributed by atoms with Crippen LogP contribution in [0.15, 0.2) is 42.5 Å². The van der Waals surface area contributed by atoms with E-state index >= 15 is 0 Å². The van der Waals surface area contributed by atoms with Crippen LogP contribution in [0.1, 0.15) is 50.3 Å². The molecule has 0 aliphatic carbocycles. The van der Waals surface area contributed by atoms with E-state index in [9.17, 15) is 4.79 Å². The van der Waals surface area contributed by atoms with Crippen LogP contribution in [-0.2, 0) is 10.5 Å². The summed E-state index contributed by atoms with van der Waals surface area (Å²) in [6, 6.07) is 13.4. The fraction of sp³-hybridized carbons (Fsp3) is 0.409. The molecule has 1 aliphatic heterocycles. The fourth-order valence-corrected chi connectivity index (χ4v) is 4.96. The first-order chi connectivity index (χ1) is 13.5. The van der Waals surface area contributed by atoms with Gasteiger partial charge in [-0.3, -0.25) is 4.79 Å². The molecule has 1 aliphatic rings. The number of para-hydroxylation sites is 1. The number of thioether (sulfide) groups is 1. The van der Waals surface area contributed by atoms with Gasteiger partial charge in [-0.05, 0) is 36.6 Å². The Hall–Kier alpha value is -1.36. The van der Waals surface area contributed by atoms with E-state index in [2.05, 4.69) is 19.2 Å². The first-order valence-electron chi connectivity index (χ1n) is 9.55. The second-order valence-corrected chi connectivity index (χ2v) is 8.91. The van der Waals surface area contributed by atoms with Gasteiger partial charge in [0, 0.05) is 27.8 Å². The van der Waals surface area contributed by atoms with E-state index in [-0.39, 0.29) is 17.6 Å². The maximum atomic E-state index is 12.6. The SMILES string of the molecule is CCC1(CC)C[C@@H](NC(=O)CSCc2ccc(Cl)cc2Cl)c2ccccc2O1. The van der Waals surface area contributed by atoms with Gasteiger partial charge in [-0.15, -0.1) is 11.8 Å². The molecular weight excluding hydrogens is 413 g/mol. The van der Waals surface area contributed by atoms with E-state index in [0.717, 1.165) is 36.1 Å². The summed E-state index contributed by atoms with van der Waals surface area (Å²) in [5.41, 5.74) is 1.81. The van der Waals surface area contributed by atoms with Crippen LogP contribution in [0.25, 0.3) is 0 Å². The molecule has 3 nitrogen and oxygen atoms in total. The average molecular weight is 438 g/mol. The molecule has 2 aromatic carbocycles. The predicted octanol–water partition coefficient (Wildman–Crippen LogP) is 6.43. The number of ether oxygens (including phenoxy) is 1. The molecule has 150 valence electrons. The third-order valence-corrected chi connectivity index (χ3v) is 6.90. The van der Waals surface area contributed by atoms with Crippen molar-refractivity contribution in [3.05, 3.63) is 63.6 Å². The normalized spacial score (nSPS) is 17.5. The van der Waals surface area contributed by atoms with Gasteiger partial charge in [0.2, 0.25) is 5.91 Å². The van der Waals surface area contributed by atoms with Crippen LogP contribution in [0.2, 0.25) is 10.0 Å². The summed E-state index contributed by atoms with van der Waals surface area (Å²) in [6.07, 6.45) is 2.61. The lowest BCUT2D eigenvalue weighted by Crippen LogP contribution is -2.44. The second-order valence-electron chi connectivity index (χ2n) is 7.08. The van der Waals surface area contributed by atoms with Crippen LogP contribution in [0.4, 0.5) is 0 Å². The topological polar surface area (TPSA) is 38.3 Å². The van der Waals surface area contributed by atoms with Crippen molar-refractivity contribution in [2.24, 2.45) is 0 Å². The van der Waals surface area contributed by atoms with Gasteiger partial charge in [0.15, 0.2) is 0 Å². The molecule has 1 amide bonds. The fourth-order valence-electron chi connectivity index (χ4n) is 3.56. The van der Waals surface area contributed by atoms with Crippen LogP contribution >= 0.6 is 35.0 Å². The Labute approximate surface area is 181 Å². The lowest BCUT2D eigenvalue weighted by atomic mass is 9.83. The summed E-state index contributed by atoms with van der Waals surface area (Å²) < 4.78 is 6.31. The standard InChI is InChI=1S/C22H25Cl2NO2S/c1-3-22(4-2)12-19(17-7-5-6-8-20(17)27-22)25-21(26)14-28-13-15-9-10-16(23)11-18(15)24/h5-11,19H,3-4,12-14H2,1-2H3,(H,25,26)/t19-/m1/s1. The predicted molar refractivity (Wildman–Crippen MR) is 119 cm³/mol. The van der Waals surface area contributed by atoms with Crippen molar-refractivity contribution in [1.29, 1.82) is 0 Å². The molecule has 0 fully saturated rings. The highest BCUT2D eigenvalue weighted by Crippen LogP contribution is 2.42. The Bertz CT molecular complexity index is 839. The largest absolute Gasteiger partial charge is 0.487 e. The van der Waals surface area contributed by atoms with Gasteiger partial charge in [-0.25, -0.2) is 0 Å². The molecule has 0 bridgehead atoms. The van der Waals surface area contributed by atoms with Crippen molar-refractivity contribution in [3.8, 4) is 5.75 Å². The van der Waals surface area contributed by atoms with Gasteiger partial charge in [-0.1, -0.05) is 61.3 Å². The van der Waals surface area contributed by atoms with E-state index < -0.39 is 0 Å². The maximum absolute atomic E-state index is 12.6. The van der Waals surface area contributed by atoms with Gasteiger partial charge in [0.25, 0.3) is 0 Å². The van der Waals surface area contributed by atoms with Crippen LogP contribution in [0.5, 0.6) is 5.75 Å². The van der Waals surface area contributed by atoms with Gasteiger partial charge in [0.05, 0.1) is 11.8 Å². The molecule has 0 saturated carbocycles. The molecule has 0 aromatic heterocycles. The summed E-state index contributed by atoms with van der Waals surface area (Å²) in [4.78, 5) is 12.6. The summed E-state index contributed by atoms with van der Waals surface area (Å²) in [7, 11) is 0. The zero-order valence-electron chi connectivity index (χ0n) is 16.1. The molecule has 28 heavy (non-hydrogen) atoms. The summed E-state index contributed by atoms with van der Waals surface area (Å²) >= 11 is 13.7. The highest BCUT2D eigenvalue weighted by Gasteiger charge is 2.38. The Morgan fingerprint density at radius 2 is 1.96 bits per heavy atom. The number of fused-ring (bicyclic) bond motifs is 1. The zero-order valence-corrected chi connectivity index (χ0v) is 18.5. The second kappa shape index (κ2) is 9.43. The number of carbonyl (C=O) groups is 1. The molecule has 6 heteroatoms. The average Bonchev–Trinajstić information content (AvgIpc) is 2.69. The third-order valence-electron chi connectivity index (χ3n) is 5.33. The van der Waals surface area contributed by atoms with Crippen molar-refractivity contribution in [2.45, 2.75) is 50.5 Å². The number of nitrogens with one attached hydrogen (secondary N) is 1. The number of hydrogen-bond acceptors (Lipinski definition) is 3. The monoisotopic (exact) mass is 437 g/mol. The number of benzene rings is 2. The minimum atomic E-state index is -0.226. The molecule has 0 saturated heterocycles. The Balaban J connectivity index is 1.62. The molecule has 0 unspecified atom stereocenters. The van der Waals surface area contributed by atoms with Gasteiger partial charge in [0.1, 0.15) is 11.4 Å². The highest BCUT2D eigenvalue weighted by atomic mass is 35.5. The minimum Gasteiger partial charge on any atom is -0.487 e. The van der Waals surface area contributed by atoms with E-state index in [1.54, 1.807) is 17.8 Å². The number of carbonyl (C=O) groups excluding carboxylic acids is 1. The Morgan fingerprint density at radius 3 is 2.68 bits per heavy atom. The van der Waals surface area contributed by atoms with Crippen LogP contribution in [0, 0.1) is 0 Å². The van der Waals surface area contributed by atoms with Gasteiger partial charge in [-0.2, -0.15) is 0 Å². The number of halogens is 2. The van der Waals surface area contributed by atoms with Gasteiger partial charge < -0.3 is 10.1 Å². The first-order valence-corrected chi connectivity index (χ1v) is 11.5. The number of hydrogen-bond donors (Lipinski definition) is 1. The van der Waals surface area contributed by atoms with Crippen molar-refractivity contribution < 1.29 is 9.53 Å². The lowest BCUT2D eigenvalue weighted by molar-refractivity contribution is -0.120. The van der Waals surface area contributed by atoms with Crippen molar-refractivity contribution in [3.63, 3.8) is 0 Å². The molecule has 1 atom stereocenters. The molecule has 2 aromatic rings. The summed E-state index contributed by atoms with van der Waals surface area (Å²) in [5.74, 6) is 1.95. The minimum absolute atomic E-state index is 0.0258. The summed E-state index contributed by atoms with van der Waals surface area (Å²) in [6.45, 7) is 4.28. The third kappa shape index (κ3) is 4.97. The van der Waals surface area contributed by atoms with Crippen molar-refractivity contribution in [2.75, 3.05) is 5.75 Å². The molecule has 0 spiro atoms. The van der Waals surface area contributed by atoms with Crippen LogP contribution in [-0.4, -0.2) is 17.3 Å². The van der Waals surface area contributed by atoms with Crippen LogP contribution < -0.4 is 10.1 Å². The molecule has 1 heterocycles. The molecular formula is C22H25Cl2NO2S. The smallest absolute Gasteiger partial charge is 0.230 e. The van der Waals surface area contributed by atoms with E-state index in [1.807, 2.05) is 36.4 Å². The zero-order chi connectivity index (χ0) is 20.1. The first kappa shape index (κ1) is 21.4. The summed E-state index contributed by atoms with van der Waals surface area (Å²) in [5, 5.41) is 4.46. The number of rotatable bonds is 7. The van der Waals surface area contributed by atoms with Crippen molar-refractivity contribution >= 4 is 40.9 Å². The van der Waals surface area contributed by atoms with E-state index in [0.29, 0.717) is 21.6 Å². The quantitative estimate of drug-likeness (QED) is 0.542. The Kier molecular flexibility index (Phi) is 7.19. The Morgan fingerprint density at radius 1 is 1.21 bits per heavy atom. The maximum Gasteiger partial charge on any atom is 0.230 e. The molecule has 3 rings (SSSR count). The molecule has 1 N–H and O–H groups in total. The molecule has 0 radical (unpaired) electrons. The van der Waals surface area contributed by atoms with Crippen LogP contribution in [0.3, 0.4) is 0 Å². The van der Waals surface area contributed by atoms with Gasteiger partial charge >= 0.3 is 0 Å². The van der Waals surface area contributed by atoms with E-state index in [1.165, 1.54) is 0 Å². The lowest BCUT2D eigenvalue weighted by Gasteiger charge is -2.41. The highest BCUT2D eigenvalue weighted by molar-refractivity contribution is 7.99. The van der Waals surface area contributed by atoms with Crippen molar-refractivity contribution in [1.82, 2.24) is 5.32 Å². The number of amides is 1.